The van der Waals surface area contributed by atoms with Crippen molar-refractivity contribution in [1.29, 1.82) is 0 Å². The lowest BCUT2D eigenvalue weighted by Gasteiger charge is -2.32. The minimum atomic E-state index is -5.20. The van der Waals surface area contributed by atoms with Gasteiger partial charge in [-0.05, 0) is 86.2 Å². The Bertz CT molecular complexity index is 1750. The largest absolute Gasteiger partial charge is 0.490 e. The number of carbonyl (C=O) groups excluding carboxylic acids is 1. The zero-order chi connectivity index (χ0) is 30.1. The van der Waals surface area contributed by atoms with Crippen LogP contribution in [0.4, 0.5) is 17.6 Å². The highest BCUT2D eigenvalue weighted by Crippen LogP contribution is 2.56. The second kappa shape index (κ2) is 9.70. The molecule has 1 aliphatic heterocycles. The van der Waals surface area contributed by atoms with E-state index in [1.165, 1.54) is 36.4 Å². The molecule has 7 nitrogen and oxygen atoms in total. The van der Waals surface area contributed by atoms with E-state index in [1.54, 1.807) is 12.1 Å². The van der Waals surface area contributed by atoms with Crippen molar-refractivity contribution < 1.29 is 32.2 Å². The molecule has 11 heteroatoms. The molecule has 43 heavy (non-hydrogen) atoms. The molecule has 2 N–H and O–H groups in total. The Kier molecular flexibility index (Phi) is 6.25. The minimum Gasteiger partial charge on any atom is -0.490 e. The third-order valence-electron chi connectivity index (χ3n) is 8.96. The number of carbonyl (C=O) groups is 1. The molecule has 2 aromatic carbocycles. The fraction of sp³-hybridized carbons (Fsp3) is 0.375. The molecule has 3 aliphatic rings. The molecule has 0 radical (unpaired) electrons. The van der Waals surface area contributed by atoms with Crippen LogP contribution in [0.2, 0.25) is 0 Å². The Morgan fingerprint density at radius 1 is 1.05 bits per heavy atom. The van der Waals surface area contributed by atoms with Gasteiger partial charge in [-0.15, -0.1) is 0 Å². The van der Waals surface area contributed by atoms with Gasteiger partial charge in [-0.1, -0.05) is 6.92 Å². The topological polar surface area (TPSA) is 97.2 Å². The number of amides is 1. The van der Waals surface area contributed by atoms with Crippen molar-refractivity contribution in [2.24, 2.45) is 5.92 Å². The minimum absolute atomic E-state index is 0.0768. The summed E-state index contributed by atoms with van der Waals surface area (Å²) in [6.45, 7) is 1.01. The van der Waals surface area contributed by atoms with Gasteiger partial charge >= 0.3 is 6.18 Å². The number of halogens is 4. The molecule has 2 aliphatic carbocycles. The SMILES string of the molecule is C[C@@]1(C2CC2)COc2c1cc([C@@](O)(CNC(=O)c1ccc3nnc(C4CC4)cc3c1)C(F)(F)F)nc2-c1ccc(F)cc1. The number of rotatable bonds is 7. The maximum atomic E-state index is 14.7. The first-order chi connectivity index (χ1) is 20.5. The van der Waals surface area contributed by atoms with Crippen molar-refractivity contribution in [1.82, 2.24) is 20.5 Å². The Morgan fingerprint density at radius 3 is 2.47 bits per heavy atom. The summed E-state index contributed by atoms with van der Waals surface area (Å²) < 4.78 is 63.9. The smallest absolute Gasteiger partial charge is 0.424 e. The summed E-state index contributed by atoms with van der Waals surface area (Å²) in [6.07, 6.45) is -1.36. The number of aliphatic hydroxyl groups is 1. The first-order valence-corrected chi connectivity index (χ1v) is 14.3. The summed E-state index contributed by atoms with van der Waals surface area (Å²) in [5.41, 5.74) is -2.34. The lowest BCUT2D eigenvalue weighted by atomic mass is 9.78. The number of aromatic nitrogens is 3. The highest BCUT2D eigenvalue weighted by atomic mass is 19.4. The number of fused-ring (bicyclic) bond motifs is 2. The van der Waals surface area contributed by atoms with E-state index in [4.69, 9.17) is 4.74 Å². The van der Waals surface area contributed by atoms with E-state index in [9.17, 15) is 27.5 Å². The van der Waals surface area contributed by atoms with Crippen LogP contribution in [-0.2, 0) is 11.0 Å². The number of alkyl halides is 3. The molecule has 4 aromatic rings. The number of pyridine rings is 1. The second-order valence-electron chi connectivity index (χ2n) is 12.1. The third kappa shape index (κ3) is 4.79. The molecule has 0 spiro atoms. The van der Waals surface area contributed by atoms with E-state index < -0.39 is 41.2 Å². The van der Waals surface area contributed by atoms with Gasteiger partial charge in [-0.3, -0.25) is 4.79 Å². The zero-order valence-corrected chi connectivity index (χ0v) is 23.2. The quantitative estimate of drug-likeness (QED) is 0.258. The van der Waals surface area contributed by atoms with Crippen LogP contribution in [0.5, 0.6) is 5.75 Å². The van der Waals surface area contributed by atoms with Gasteiger partial charge in [0.05, 0.1) is 30.1 Å². The summed E-state index contributed by atoms with van der Waals surface area (Å²) in [6, 6.07) is 12.9. The lowest BCUT2D eigenvalue weighted by molar-refractivity contribution is -0.265. The van der Waals surface area contributed by atoms with E-state index >= 15 is 0 Å². The van der Waals surface area contributed by atoms with Crippen LogP contribution >= 0.6 is 0 Å². The predicted molar refractivity (Wildman–Crippen MR) is 149 cm³/mol. The molecule has 0 saturated heterocycles. The Morgan fingerprint density at radius 2 is 1.79 bits per heavy atom. The van der Waals surface area contributed by atoms with Gasteiger partial charge in [-0.2, -0.15) is 23.4 Å². The highest BCUT2D eigenvalue weighted by Gasteiger charge is 2.58. The van der Waals surface area contributed by atoms with Gasteiger partial charge in [0.1, 0.15) is 17.3 Å². The molecular weight excluding hydrogens is 564 g/mol. The molecule has 222 valence electrons. The van der Waals surface area contributed by atoms with Crippen LogP contribution in [0, 0.1) is 11.7 Å². The van der Waals surface area contributed by atoms with Crippen LogP contribution in [0.1, 0.15) is 65.8 Å². The maximum absolute atomic E-state index is 14.7. The molecule has 7 rings (SSSR count). The van der Waals surface area contributed by atoms with Crippen molar-refractivity contribution >= 4 is 16.8 Å². The van der Waals surface area contributed by atoms with Crippen LogP contribution in [0.15, 0.2) is 54.6 Å². The maximum Gasteiger partial charge on any atom is 0.424 e. The summed E-state index contributed by atoms with van der Waals surface area (Å²) in [4.78, 5) is 17.4. The van der Waals surface area contributed by atoms with Gasteiger partial charge in [0.25, 0.3) is 5.91 Å². The standard InChI is InChI=1S/C32H28F4N4O3/c1-30(21-7-8-21)16-43-28-23(30)14-26(38-27(28)18-4-9-22(33)10-5-18)31(42,32(34,35)36)15-37-29(41)19-6-11-24-20(12-19)13-25(40-39-24)17-2-3-17/h4-6,9-14,17,21,42H,2-3,7-8,15-16H2,1H3,(H,37,41)/t30-,31-/m0/s1. The average molecular weight is 593 g/mol. The van der Waals surface area contributed by atoms with Gasteiger partial charge < -0.3 is 15.2 Å². The summed E-state index contributed by atoms with van der Waals surface area (Å²) >= 11 is 0. The van der Waals surface area contributed by atoms with Crippen LogP contribution < -0.4 is 10.1 Å². The number of hydrogen-bond acceptors (Lipinski definition) is 6. The second-order valence-corrected chi connectivity index (χ2v) is 12.1. The van der Waals surface area contributed by atoms with Crippen molar-refractivity contribution in [3.8, 4) is 17.0 Å². The van der Waals surface area contributed by atoms with Crippen LogP contribution in [0.25, 0.3) is 22.2 Å². The lowest BCUT2D eigenvalue weighted by Crippen LogP contribution is -2.51. The molecule has 2 aromatic heterocycles. The van der Waals surface area contributed by atoms with Gasteiger partial charge in [0.15, 0.2) is 0 Å². The number of nitrogens with zero attached hydrogens (tertiary/aromatic N) is 3. The molecular formula is C32H28F4N4O3. The summed E-state index contributed by atoms with van der Waals surface area (Å²) in [5, 5.41) is 22.7. The van der Waals surface area contributed by atoms with Gasteiger partial charge in [0, 0.05) is 33.4 Å². The van der Waals surface area contributed by atoms with E-state index in [0.29, 0.717) is 33.7 Å². The van der Waals surface area contributed by atoms with Gasteiger partial charge in [-0.25, -0.2) is 9.37 Å². The number of ether oxygens (including phenoxy) is 1. The molecule has 0 bridgehead atoms. The third-order valence-corrected chi connectivity index (χ3v) is 8.96. The predicted octanol–water partition coefficient (Wildman–Crippen LogP) is 5.95. The molecule has 2 fully saturated rings. The molecule has 2 atom stereocenters. The van der Waals surface area contributed by atoms with E-state index in [2.05, 4.69) is 20.5 Å². The summed E-state index contributed by atoms with van der Waals surface area (Å²) in [5.74, 6) is -0.437. The average Bonchev–Trinajstić information content (AvgIpc) is 3.92. The molecule has 3 heterocycles. The number of benzene rings is 2. The monoisotopic (exact) mass is 592 g/mol. The van der Waals surface area contributed by atoms with Gasteiger partial charge in [0.2, 0.25) is 5.60 Å². The van der Waals surface area contributed by atoms with Crippen molar-refractivity contribution in [3.63, 3.8) is 0 Å². The Hall–Kier alpha value is -4.12. The van der Waals surface area contributed by atoms with Crippen molar-refractivity contribution in [2.75, 3.05) is 13.2 Å². The van der Waals surface area contributed by atoms with E-state index in [1.807, 2.05) is 13.0 Å². The Balaban J connectivity index is 1.25. The van der Waals surface area contributed by atoms with Crippen LogP contribution in [0.3, 0.4) is 0 Å². The first kappa shape index (κ1) is 27.7. The normalized spacial score (nSPS) is 21.3. The fourth-order valence-corrected chi connectivity index (χ4v) is 5.90. The van der Waals surface area contributed by atoms with E-state index in [-0.39, 0.29) is 23.8 Å². The van der Waals surface area contributed by atoms with E-state index in [0.717, 1.165) is 31.4 Å². The molecule has 0 unspecified atom stereocenters. The van der Waals surface area contributed by atoms with Crippen LogP contribution in [-0.4, -0.2) is 45.5 Å². The molecule has 1 amide bonds. The first-order valence-electron chi connectivity index (χ1n) is 14.3. The zero-order valence-electron chi connectivity index (χ0n) is 23.2. The summed E-state index contributed by atoms with van der Waals surface area (Å²) in [7, 11) is 0. The van der Waals surface area contributed by atoms with Crippen molar-refractivity contribution in [3.05, 3.63) is 82.9 Å². The Labute approximate surface area is 244 Å². The fourth-order valence-electron chi connectivity index (χ4n) is 5.90. The number of hydrogen-bond donors (Lipinski definition) is 2. The van der Waals surface area contributed by atoms with Crippen molar-refractivity contribution in [2.45, 2.75) is 55.7 Å². The number of nitrogens with one attached hydrogen (secondary N) is 1. The molecule has 2 saturated carbocycles. The highest BCUT2D eigenvalue weighted by molar-refractivity contribution is 5.98.